The molecule has 1 amide bonds. The molecule has 1 N–H and O–H groups in total. The summed E-state index contributed by atoms with van der Waals surface area (Å²) in [6.07, 6.45) is 0.349. The predicted molar refractivity (Wildman–Crippen MR) is 108 cm³/mol. The van der Waals surface area contributed by atoms with Gasteiger partial charge in [-0.2, -0.15) is 0 Å². The van der Waals surface area contributed by atoms with Gasteiger partial charge in [0.05, 0.1) is 0 Å². The molecule has 4 heteroatoms. The molecule has 3 aromatic rings. The summed E-state index contributed by atoms with van der Waals surface area (Å²) in [5, 5.41) is 1.21. The van der Waals surface area contributed by atoms with E-state index in [1.165, 1.54) is 16.6 Å². The first-order valence-corrected chi connectivity index (χ1v) is 9.67. The van der Waals surface area contributed by atoms with Crippen molar-refractivity contribution in [3.8, 4) is 5.75 Å². The molecule has 1 aliphatic heterocycles. The molecule has 2 heterocycles. The van der Waals surface area contributed by atoms with Gasteiger partial charge in [0, 0.05) is 41.7 Å². The SMILES string of the molecule is CC(Oc1ccccc1C(C)C)C(=O)N1CCc2[nH]c3ccccc3c2C1. The van der Waals surface area contributed by atoms with Crippen molar-refractivity contribution in [2.45, 2.75) is 45.8 Å². The third-order valence-corrected chi connectivity index (χ3v) is 5.39. The molecule has 0 fully saturated rings. The van der Waals surface area contributed by atoms with Crippen LogP contribution in [0.15, 0.2) is 48.5 Å². The van der Waals surface area contributed by atoms with Crippen LogP contribution in [0.25, 0.3) is 10.9 Å². The summed E-state index contributed by atoms with van der Waals surface area (Å²) in [5.74, 6) is 1.20. The number of ether oxygens (including phenoxy) is 1. The van der Waals surface area contributed by atoms with E-state index in [2.05, 4.69) is 37.0 Å². The molecule has 1 unspecified atom stereocenters. The molecular formula is C23H26N2O2. The van der Waals surface area contributed by atoms with Gasteiger partial charge in [-0.25, -0.2) is 0 Å². The first kappa shape index (κ1) is 17.7. The Morgan fingerprint density at radius 1 is 1.07 bits per heavy atom. The Bertz CT molecular complexity index is 973. The fourth-order valence-corrected chi connectivity index (χ4v) is 3.92. The number of hydrogen-bond acceptors (Lipinski definition) is 2. The summed E-state index contributed by atoms with van der Waals surface area (Å²) in [6, 6.07) is 16.3. The normalized spacial score (nSPS) is 15.0. The van der Waals surface area contributed by atoms with Gasteiger partial charge in [0.25, 0.3) is 5.91 Å². The Morgan fingerprint density at radius 3 is 2.63 bits per heavy atom. The van der Waals surface area contributed by atoms with Crippen LogP contribution in [0.1, 0.15) is 43.5 Å². The monoisotopic (exact) mass is 362 g/mol. The van der Waals surface area contributed by atoms with Gasteiger partial charge in [-0.1, -0.05) is 50.2 Å². The largest absolute Gasteiger partial charge is 0.481 e. The topological polar surface area (TPSA) is 45.3 Å². The minimum atomic E-state index is -0.503. The molecule has 140 valence electrons. The van der Waals surface area contributed by atoms with Gasteiger partial charge in [-0.3, -0.25) is 4.79 Å². The van der Waals surface area contributed by atoms with Crippen LogP contribution < -0.4 is 4.74 Å². The number of aromatic nitrogens is 1. The van der Waals surface area contributed by atoms with Crippen LogP contribution in [0.4, 0.5) is 0 Å². The van der Waals surface area contributed by atoms with E-state index in [9.17, 15) is 4.79 Å². The number of benzene rings is 2. The summed E-state index contributed by atoms with van der Waals surface area (Å²) < 4.78 is 6.08. The third kappa shape index (κ3) is 3.32. The average Bonchev–Trinajstić information content (AvgIpc) is 3.05. The Balaban J connectivity index is 1.52. The van der Waals surface area contributed by atoms with Gasteiger partial charge in [0.2, 0.25) is 0 Å². The summed E-state index contributed by atoms with van der Waals surface area (Å²) in [4.78, 5) is 18.5. The van der Waals surface area contributed by atoms with Gasteiger partial charge in [-0.05, 0) is 30.5 Å². The molecule has 0 spiro atoms. The summed E-state index contributed by atoms with van der Waals surface area (Å²) >= 11 is 0. The molecule has 27 heavy (non-hydrogen) atoms. The lowest BCUT2D eigenvalue weighted by Gasteiger charge is -2.30. The van der Waals surface area contributed by atoms with E-state index in [0.29, 0.717) is 12.5 Å². The van der Waals surface area contributed by atoms with Gasteiger partial charge in [0.1, 0.15) is 5.75 Å². The van der Waals surface area contributed by atoms with Crippen LogP contribution in [0.5, 0.6) is 5.75 Å². The first-order chi connectivity index (χ1) is 13.0. The number of aromatic amines is 1. The summed E-state index contributed by atoms with van der Waals surface area (Å²) in [5.41, 5.74) is 4.76. The van der Waals surface area contributed by atoms with E-state index >= 15 is 0 Å². The highest BCUT2D eigenvalue weighted by molar-refractivity contribution is 5.86. The number of rotatable bonds is 4. The van der Waals surface area contributed by atoms with Crippen LogP contribution in [-0.2, 0) is 17.8 Å². The smallest absolute Gasteiger partial charge is 0.263 e. The number of amides is 1. The van der Waals surface area contributed by atoms with E-state index in [0.717, 1.165) is 29.8 Å². The minimum absolute atomic E-state index is 0.0458. The molecule has 4 nitrogen and oxygen atoms in total. The zero-order valence-corrected chi connectivity index (χ0v) is 16.2. The number of carbonyl (C=O) groups excluding carboxylic acids is 1. The molecule has 1 atom stereocenters. The van der Waals surface area contributed by atoms with Crippen molar-refractivity contribution in [2.75, 3.05) is 6.54 Å². The number of H-pyrrole nitrogens is 1. The molecule has 0 saturated heterocycles. The number of carbonyl (C=O) groups is 1. The average molecular weight is 362 g/mol. The van der Waals surface area contributed by atoms with Crippen LogP contribution in [0, 0.1) is 0 Å². The first-order valence-electron chi connectivity index (χ1n) is 9.67. The molecular weight excluding hydrogens is 336 g/mol. The lowest BCUT2D eigenvalue weighted by Crippen LogP contribution is -2.43. The van der Waals surface area contributed by atoms with E-state index in [4.69, 9.17) is 4.74 Å². The second-order valence-electron chi connectivity index (χ2n) is 7.59. The fourth-order valence-electron chi connectivity index (χ4n) is 3.92. The second-order valence-corrected chi connectivity index (χ2v) is 7.59. The number of nitrogens with one attached hydrogen (secondary N) is 1. The Kier molecular flexibility index (Phi) is 4.65. The van der Waals surface area contributed by atoms with Gasteiger partial charge >= 0.3 is 0 Å². The standard InChI is InChI=1S/C23H26N2O2/c1-15(2)17-8-5-7-11-22(17)27-16(3)23(26)25-13-12-21-19(14-25)18-9-4-6-10-20(18)24-21/h4-11,15-16,24H,12-14H2,1-3H3. The number of hydrogen-bond donors (Lipinski definition) is 1. The van der Waals surface area contributed by atoms with Crippen molar-refractivity contribution in [1.29, 1.82) is 0 Å². The molecule has 1 aliphatic rings. The van der Waals surface area contributed by atoms with Gasteiger partial charge < -0.3 is 14.6 Å². The molecule has 2 aromatic carbocycles. The Morgan fingerprint density at radius 2 is 1.81 bits per heavy atom. The fraction of sp³-hybridized carbons (Fsp3) is 0.348. The van der Waals surface area contributed by atoms with Crippen LogP contribution >= 0.6 is 0 Å². The van der Waals surface area contributed by atoms with Crippen molar-refractivity contribution in [3.05, 3.63) is 65.4 Å². The number of fused-ring (bicyclic) bond motifs is 3. The van der Waals surface area contributed by atoms with E-state index in [1.807, 2.05) is 42.2 Å². The molecule has 0 aliphatic carbocycles. The highest BCUT2D eigenvalue weighted by Gasteiger charge is 2.28. The van der Waals surface area contributed by atoms with E-state index < -0.39 is 6.10 Å². The zero-order valence-electron chi connectivity index (χ0n) is 16.2. The molecule has 1 aromatic heterocycles. The number of para-hydroxylation sites is 2. The number of nitrogens with zero attached hydrogens (tertiary/aromatic N) is 1. The predicted octanol–water partition coefficient (Wildman–Crippen LogP) is 4.64. The van der Waals surface area contributed by atoms with Crippen LogP contribution in [0.3, 0.4) is 0 Å². The molecule has 0 saturated carbocycles. The highest BCUT2D eigenvalue weighted by atomic mass is 16.5. The van der Waals surface area contributed by atoms with Crippen LogP contribution in [0.2, 0.25) is 0 Å². The van der Waals surface area contributed by atoms with E-state index in [-0.39, 0.29) is 5.91 Å². The lowest BCUT2D eigenvalue weighted by atomic mass is 10.0. The van der Waals surface area contributed by atoms with Gasteiger partial charge in [-0.15, -0.1) is 0 Å². The lowest BCUT2D eigenvalue weighted by molar-refractivity contribution is -0.138. The van der Waals surface area contributed by atoms with Crippen molar-refractivity contribution < 1.29 is 9.53 Å². The zero-order chi connectivity index (χ0) is 19.0. The third-order valence-electron chi connectivity index (χ3n) is 5.39. The highest BCUT2D eigenvalue weighted by Crippen LogP contribution is 2.29. The molecule has 4 rings (SSSR count). The summed E-state index contributed by atoms with van der Waals surface area (Å²) in [6.45, 7) is 7.48. The van der Waals surface area contributed by atoms with Crippen molar-refractivity contribution in [1.82, 2.24) is 9.88 Å². The molecule has 0 radical (unpaired) electrons. The molecule has 0 bridgehead atoms. The van der Waals surface area contributed by atoms with Crippen LogP contribution in [-0.4, -0.2) is 28.4 Å². The second kappa shape index (κ2) is 7.10. The van der Waals surface area contributed by atoms with E-state index in [1.54, 1.807) is 0 Å². The maximum atomic E-state index is 13.0. The Labute approximate surface area is 160 Å². The van der Waals surface area contributed by atoms with Crippen molar-refractivity contribution in [2.24, 2.45) is 0 Å². The van der Waals surface area contributed by atoms with Crippen molar-refractivity contribution in [3.63, 3.8) is 0 Å². The summed E-state index contributed by atoms with van der Waals surface area (Å²) in [7, 11) is 0. The minimum Gasteiger partial charge on any atom is -0.481 e. The quantitative estimate of drug-likeness (QED) is 0.735. The maximum Gasteiger partial charge on any atom is 0.263 e. The Hall–Kier alpha value is -2.75. The maximum absolute atomic E-state index is 13.0. The van der Waals surface area contributed by atoms with Crippen molar-refractivity contribution >= 4 is 16.8 Å². The van der Waals surface area contributed by atoms with Gasteiger partial charge in [0.15, 0.2) is 6.10 Å².